The predicted octanol–water partition coefficient (Wildman–Crippen LogP) is 4.53. The van der Waals surface area contributed by atoms with Crippen molar-refractivity contribution >= 4 is 28.9 Å². The minimum Gasteiger partial charge on any atom is -0.370 e. The Morgan fingerprint density at radius 2 is 1.71 bits per heavy atom. The Kier molecular flexibility index (Phi) is 5.31. The van der Waals surface area contributed by atoms with Gasteiger partial charge in [-0.2, -0.15) is 0 Å². The summed E-state index contributed by atoms with van der Waals surface area (Å²) in [6, 6.07) is 6.82. The summed E-state index contributed by atoms with van der Waals surface area (Å²) in [6.45, 7) is 4.77. The topological polar surface area (TPSA) is 6.48 Å². The molecule has 0 atom stereocenters. The van der Waals surface area contributed by atoms with Crippen molar-refractivity contribution in [3.8, 4) is 0 Å². The van der Waals surface area contributed by atoms with E-state index < -0.39 is 0 Å². The van der Waals surface area contributed by atoms with E-state index in [4.69, 9.17) is 23.2 Å². The molecular formula is C17H24Cl2N2. The molecule has 1 aromatic carbocycles. The number of halogens is 2. The number of nitrogens with zero attached hydrogens (tertiary/aromatic N) is 2. The first-order valence-corrected chi connectivity index (χ1v) is 9.03. The lowest BCUT2D eigenvalue weighted by Crippen LogP contribution is -2.47. The number of hydrogen-bond acceptors (Lipinski definition) is 2. The molecule has 0 N–H and O–H groups in total. The molecule has 0 aromatic heterocycles. The molecule has 3 rings (SSSR count). The second-order valence-corrected chi connectivity index (χ2v) is 6.87. The van der Waals surface area contributed by atoms with Gasteiger partial charge in [-0.15, -0.1) is 11.6 Å². The highest BCUT2D eigenvalue weighted by Crippen LogP contribution is 2.33. The highest BCUT2D eigenvalue weighted by atomic mass is 35.5. The SMILES string of the molecule is ClCc1cccc(Cl)c1N1CCC(N2CCCCC2)CC1. The van der Waals surface area contributed by atoms with Crippen LogP contribution in [-0.4, -0.2) is 37.1 Å². The molecule has 2 saturated heterocycles. The van der Waals surface area contributed by atoms with Crippen LogP contribution < -0.4 is 4.90 Å². The predicted molar refractivity (Wildman–Crippen MR) is 91.7 cm³/mol. The van der Waals surface area contributed by atoms with E-state index in [1.54, 1.807) is 0 Å². The number of hydrogen-bond donors (Lipinski definition) is 0. The maximum Gasteiger partial charge on any atom is 0.0642 e. The number of benzene rings is 1. The molecule has 0 bridgehead atoms. The van der Waals surface area contributed by atoms with Crippen molar-refractivity contribution in [2.24, 2.45) is 0 Å². The minimum atomic E-state index is 0.530. The van der Waals surface area contributed by atoms with Crippen LogP contribution in [0.5, 0.6) is 0 Å². The van der Waals surface area contributed by atoms with Gasteiger partial charge in [-0.25, -0.2) is 0 Å². The van der Waals surface area contributed by atoms with Gasteiger partial charge in [0, 0.05) is 25.0 Å². The Morgan fingerprint density at radius 3 is 2.38 bits per heavy atom. The lowest BCUT2D eigenvalue weighted by Gasteiger charge is -2.41. The van der Waals surface area contributed by atoms with Crippen LogP contribution in [0, 0.1) is 0 Å². The smallest absolute Gasteiger partial charge is 0.0642 e. The Morgan fingerprint density at radius 1 is 1.00 bits per heavy atom. The first kappa shape index (κ1) is 15.5. The molecule has 2 aliphatic heterocycles. The Bertz CT molecular complexity index is 464. The van der Waals surface area contributed by atoms with Crippen molar-refractivity contribution in [2.75, 3.05) is 31.1 Å². The molecule has 4 heteroatoms. The van der Waals surface area contributed by atoms with Gasteiger partial charge in [-0.1, -0.05) is 30.2 Å². The van der Waals surface area contributed by atoms with Crippen molar-refractivity contribution in [2.45, 2.75) is 44.0 Å². The Hall–Kier alpha value is -0.440. The number of likely N-dealkylation sites (tertiary alicyclic amines) is 1. The van der Waals surface area contributed by atoms with Crippen LogP contribution in [0.4, 0.5) is 5.69 Å². The Balaban J connectivity index is 1.65. The summed E-state index contributed by atoms with van der Waals surface area (Å²) in [5, 5.41) is 0.838. The van der Waals surface area contributed by atoms with E-state index in [1.807, 2.05) is 12.1 Å². The second-order valence-electron chi connectivity index (χ2n) is 6.20. The lowest BCUT2D eigenvalue weighted by molar-refractivity contribution is 0.141. The third-order valence-corrected chi connectivity index (χ3v) is 5.50. The fourth-order valence-corrected chi connectivity index (χ4v) is 4.29. The van der Waals surface area contributed by atoms with Crippen LogP contribution in [-0.2, 0) is 5.88 Å². The third kappa shape index (κ3) is 3.49. The second kappa shape index (κ2) is 7.21. The van der Waals surface area contributed by atoms with Crippen molar-refractivity contribution in [1.29, 1.82) is 0 Å². The minimum absolute atomic E-state index is 0.530. The fourth-order valence-electron chi connectivity index (χ4n) is 3.76. The monoisotopic (exact) mass is 326 g/mol. The standard InChI is InChI=1S/C17H24Cl2N2/c18-13-14-5-4-6-16(19)17(14)21-11-7-15(8-12-21)20-9-2-1-3-10-20/h4-6,15H,1-3,7-13H2. The molecule has 0 amide bonds. The van der Waals surface area contributed by atoms with Crippen molar-refractivity contribution in [3.63, 3.8) is 0 Å². The van der Waals surface area contributed by atoms with Gasteiger partial charge < -0.3 is 9.80 Å². The molecule has 0 aliphatic carbocycles. The number of alkyl halides is 1. The van der Waals surface area contributed by atoms with Crippen LogP contribution in [0.15, 0.2) is 18.2 Å². The summed E-state index contributed by atoms with van der Waals surface area (Å²) in [4.78, 5) is 5.14. The molecule has 0 spiro atoms. The van der Waals surface area contributed by atoms with E-state index in [0.29, 0.717) is 5.88 Å². The first-order chi connectivity index (χ1) is 10.3. The average Bonchev–Trinajstić information content (AvgIpc) is 2.55. The van der Waals surface area contributed by atoms with Crippen molar-refractivity contribution in [3.05, 3.63) is 28.8 Å². The largest absolute Gasteiger partial charge is 0.370 e. The van der Waals surface area contributed by atoms with Crippen LogP contribution in [0.2, 0.25) is 5.02 Å². The molecule has 2 fully saturated rings. The van der Waals surface area contributed by atoms with Gasteiger partial charge >= 0.3 is 0 Å². The zero-order chi connectivity index (χ0) is 14.7. The van der Waals surface area contributed by atoms with Gasteiger partial charge in [-0.3, -0.25) is 0 Å². The molecule has 21 heavy (non-hydrogen) atoms. The lowest BCUT2D eigenvalue weighted by atomic mass is 9.99. The van der Waals surface area contributed by atoms with Crippen LogP contribution >= 0.6 is 23.2 Å². The molecule has 1 aromatic rings. The summed E-state index contributed by atoms with van der Waals surface area (Å²) in [6.07, 6.45) is 6.65. The maximum atomic E-state index is 6.42. The van der Waals surface area contributed by atoms with Gasteiger partial charge in [-0.05, 0) is 50.4 Å². The molecule has 0 unspecified atom stereocenters. The maximum absolute atomic E-state index is 6.42. The normalized spacial score (nSPS) is 21.7. The Labute approximate surface area is 138 Å². The van der Waals surface area contributed by atoms with E-state index >= 15 is 0 Å². The number of para-hydroxylation sites is 1. The van der Waals surface area contributed by atoms with E-state index in [2.05, 4.69) is 15.9 Å². The van der Waals surface area contributed by atoms with Gasteiger partial charge in [0.1, 0.15) is 0 Å². The average molecular weight is 327 g/mol. The van der Waals surface area contributed by atoms with Crippen LogP contribution in [0.3, 0.4) is 0 Å². The van der Waals surface area contributed by atoms with Gasteiger partial charge in [0.2, 0.25) is 0 Å². The van der Waals surface area contributed by atoms with E-state index in [-0.39, 0.29) is 0 Å². The quantitative estimate of drug-likeness (QED) is 0.753. The summed E-state index contributed by atoms with van der Waals surface area (Å²) in [5.41, 5.74) is 2.31. The fraction of sp³-hybridized carbons (Fsp3) is 0.647. The summed E-state index contributed by atoms with van der Waals surface area (Å²) >= 11 is 12.5. The zero-order valence-electron chi connectivity index (χ0n) is 12.5. The molecule has 2 nitrogen and oxygen atoms in total. The molecule has 2 heterocycles. The molecule has 0 radical (unpaired) electrons. The molecule has 2 aliphatic rings. The number of anilines is 1. The van der Waals surface area contributed by atoms with Crippen LogP contribution in [0.1, 0.15) is 37.7 Å². The molecule has 116 valence electrons. The van der Waals surface area contributed by atoms with Crippen molar-refractivity contribution in [1.82, 2.24) is 4.90 Å². The van der Waals surface area contributed by atoms with Crippen LogP contribution in [0.25, 0.3) is 0 Å². The summed E-state index contributed by atoms with van der Waals surface area (Å²) < 4.78 is 0. The highest BCUT2D eigenvalue weighted by molar-refractivity contribution is 6.33. The van der Waals surface area contributed by atoms with Gasteiger partial charge in [0.25, 0.3) is 0 Å². The molecule has 0 saturated carbocycles. The van der Waals surface area contributed by atoms with Gasteiger partial charge in [0.15, 0.2) is 0 Å². The van der Waals surface area contributed by atoms with E-state index in [9.17, 15) is 0 Å². The molecular weight excluding hydrogens is 303 g/mol. The summed E-state index contributed by atoms with van der Waals surface area (Å²) in [5.74, 6) is 0.530. The van der Waals surface area contributed by atoms with Gasteiger partial charge in [0.05, 0.1) is 10.7 Å². The zero-order valence-corrected chi connectivity index (χ0v) is 14.0. The highest BCUT2D eigenvalue weighted by Gasteiger charge is 2.27. The third-order valence-electron chi connectivity index (χ3n) is 4.90. The summed E-state index contributed by atoms with van der Waals surface area (Å²) in [7, 11) is 0. The van der Waals surface area contributed by atoms with E-state index in [0.717, 1.165) is 35.4 Å². The van der Waals surface area contributed by atoms with Crippen molar-refractivity contribution < 1.29 is 0 Å². The number of rotatable bonds is 3. The van der Waals surface area contributed by atoms with E-state index in [1.165, 1.54) is 45.2 Å². The first-order valence-electron chi connectivity index (χ1n) is 8.12. The number of piperidine rings is 2.